The molecular formula is C16H16O2. The zero-order valence-electron chi connectivity index (χ0n) is 10.1. The van der Waals surface area contributed by atoms with E-state index >= 15 is 0 Å². The molecule has 92 valence electrons. The van der Waals surface area contributed by atoms with Crippen LogP contribution in [0.1, 0.15) is 6.42 Å². The number of carbonyl (C=O) groups is 1. The average molecular weight is 240 g/mol. The number of allylic oxidation sites excluding steroid dienone is 12. The predicted molar refractivity (Wildman–Crippen MR) is 74.7 cm³/mol. The molecule has 0 bridgehead atoms. The Morgan fingerprint density at radius 2 is 1.11 bits per heavy atom. The van der Waals surface area contributed by atoms with Crippen molar-refractivity contribution in [3.63, 3.8) is 0 Å². The van der Waals surface area contributed by atoms with Crippen molar-refractivity contribution in [3.05, 3.63) is 85.3 Å². The lowest BCUT2D eigenvalue weighted by Gasteiger charge is -1.92. The SMILES string of the molecule is O=C1CC=CC=CC=CC=CC=CC=CC=CO1. The van der Waals surface area contributed by atoms with Gasteiger partial charge in [0, 0.05) is 0 Å². The Hall–Kier alpha value is -2.35. The van der Waals surface area contributed by atoms with Gasteiger partial charge in [0.15, 0.2) is 0 Å². The molecule has 0 aromatic heterocycles. The van der Waals surface area contributed by atoms with E-state index in [1.165, 1.54) is 6.26 Å². The highest BCUT2D eigenvalue weighted by Crippen LogP contribution is 1.92. The van der Waals surface area contributed by atoms with Crippen LogP contribution in [0.4, 0.5) is 0 Å². The molecule has 0 aliphatic carbocycles. The van der Waals surface area contributed by atoms with Gasteiger partial charge in [-0.1, -0.05) is 72.9 Å². The Balaban J connectivity index is 2.65. The summed E-state index contributed by atoms with van der Waals surface area (Å²) in [7, 11) is 0. The van der Waals surface area contributed by atoms with E-state index in [0.29, 0.717) is 0 Å². The minimum atomic E-state index is -0.277. The van der Waals surface area contributed by atoms with Crippen LogP contribution in [-0.2, 0) is 9.53 Å². The van der Waals surface area contributed by atoms with Crippen molar-refractivity contribution >= 4 is 5.97 Å². The number of rotatable bonds is 0. The van der Waals surface area contributed by atoms with Gasteiger partial charge < -0.3 is 4.74 Å². The van der Waals surface area contributed by atoms with Crippen molar-refractivity contribution in [1.29, 1.82) is 0 Å². The van der Waals surface area contributed by atoms with Crippen molar-refractivity contribution in [3.8, 4) is 0 Å². The van der Waals surface area contributed by atoms with E-state index in [4.69, 9.17) is 4.74 Å². The van der Waals surface area contributed by atoms with Gasteiger partial charge in [-0.25, -0.2) is 0 Å². The van der Waals surface area contributed by atoms with E-state index in [1.54, 1.807) is 18.2 Å². The molecule has 18 heavy (non-hydrogen) atoms. The molecule has 0 radical (unpaired) electrons. The van der Waals surface area contributed by atoms with E-state index in [0.717, 1.165) is 0 Å². The molecule has 1 rings (SSSR count). The molecule has 2 heteroatoms. The van der Waals surface area contributed by atoms with Gasteiger partial charge >= 0.3 is 5.97 Å². The molecule has 1 heterocycles. The number of carbonyl (C=O) groups excluding carboxylic acids is 1. The zero-order valence-corrected chi connectivity index (χ0v) is 10.1. The second kappa shape index (κ2) is 9.85. The third-order valence-electron chi connectivity index (χ3n) is 1.92. The van der Waals surface area contributed by atoms with Crippen molar-refractivity contribution < 1.29 is 9.53 Å². The van der Waals surface area contributed by atoms with E-state index in [2.05, 4.69) is 0 Å². The normalized spacial score (nSPS) is 16.8. The first-order valence-corrected chi connectivity index (χ1v) is 5.74. The minimum Gasteiger partial charge on any atom is -0.434 e. The third kappa shape index (κ3) is 7.88. The largest absolute Gasteiger partial charge is 0.434 e. The molecule has 0 saturated carbocycles. The van der Waals surface area contributed by atoms with E-state index in [9.17, 15) is 4.79 Å². The Kier molecular flexibility index (Phi) is 7.50. The molecule has 0 spiro atoms. The van der Waals surface area contributed by atoms with Crippen LogP contribution in [0.5, 0.6) is 0 Å². The van der Waals surface area contributed by atoms with Crippen LogP contribution in [0.3, 0.4) is 0 Å². The standard InChI is InChI=1S/C16H16O2/c17-16-14-12-10-8-6-4-2-1-3-5-7-9-11-13-15-18-16/h1-13,15H,14H2. The number of ether oxygens (including phenoxy) is 1. The van der Waals surface area contributed by atoms with Gasteiger partial charge in [-0.2, -0.15) is 0 Å². The molecule has 0 amide bonds. The van der Waals surface area contributed by atoms with Crippen LogP contribution in [0.25, 0.3) is 0 Å². The lowest BCUT2D eigenvalue weighted by molar-refractivity contribution is -0.136. The smallest absolute Gasteiger partial charge is 0.314 e. The Morgan fingerprint density at radius 3 is 1.67 bits per heavy atom. The van der Waals surface area contributed by atoms with Gasteiger partial charge in [0.05, 0.1) is 12.7 Å². The molecular weight excluding hydrogens is 224 g/mol. The Labute approximate surface area is 108 Å². The molecule has 0 saturated heterocycles. The van der Waals surface area contributed by atoms with E-state index in [1.807, 2.05) is 60.8 Å². The number of hydrogen-bond donors (Lipinski definition) is 0. The van der Waals surface area contributed by atoms with Crippen LogP contribution < -0.4 is 0 Å². The average Bonchev–Trinajstić information content (AvgIpc) is 2.37. The second-order valence-electron chi connectivity index (χ2n) is 3.38. The molecule has 0 aromatic rings. The Bertz CT molecular complexity index is 404. The zero-order chi connectivity index (χ0) is 12.9. The fourth-order valence-electron chi connectivity index (χ4n) is 1.09. The number of esters is 1. The van der Waals surface area contributed by atoms with Gasteiger partial charge in [0.2, 0.25) is 0 Å². The molecule has 1 aliphatic heterocycles. The van der Waals surface area contributed by atoms with Crippen molar-refractivity contribution in [2.75, 3.05) is 0 Å². The minimum absolute atomic E-state index is 0.266. The highest BCUT2D eigenvalue weighted by Gasteiger charge is 1.94. The molecule has 2 nitrogen and oxygen atoms in total. The lowest BCUT2D eigenvalue weighted by atomic mass is 10.3. The van der Waals surface area contributed by atoms with Gasteiger partial charge in [-0.05, 0) is 6.08 Å². The molecule has 0 fully saturated rings. The lowest BCUT2D eigenvalue weighted by Crippen LogP contribution is -1.96. The second-order valence-corrected chi connectivity index (χ2v) is 3.38. The summed E-state index contributed by atoms with van der Waals surface area (Å²) >= 11 is 0. The molecule has 0 aromatic carbocycles. The van der Waals surface area contributed by atoms with Crippen LogP contribution >= 0.6 is 0 Å². The molecule has 0 N–H and O–H groups in total. The summed E-state index contributed by atoms with van der Waals surface area (Å²) in [5.74, 6) is -0.277. The third-order valence-corrected chi connectivity index (χ3v) is 1.92. The quantitative estimate of drug-likeness (QED) is 0.602. The number of hydrogen-bond acceptors (Lipinski definition) is 2. The summed E-state index contributed by atoms with van der Waals surface area (Å²) < 4.78 is 4.87. The summed E-state index contributed by atoms with van der Waals surface area (Å²) in [6, 6.07) is 0. The maximum absolute atomic E-state index is 11.2. The van der Waals surface area contributed by atoms with Crippen LogP contribution in [0.15, 0.2) is 85.3 Å². The fraction of sp³-hybridized carbons (Fsp3) is 0.0625. The summed E-state index contributed by atoms with van der Waals surface area (Å²) in [6.45, 7) is 0. The van der Waals surface area contributed by atoms with Crippen LogP contribution in [-0.4, -0.2) is 5.97 Å². The molecule has 0 unspecified atom stereocenters. The van der Waals surface area contributed by atoms with Gasteiger partial charge in [-0.3, -0.25) is 4.79 Å². The fourth-order valence-corrected chi connectivity index (χ4v) is 1.09. The van der Waals surface area contributed by atoms with Crippen LogP contribution in [0, 0.1) is 0 Å². The van der Waals surface area contributed by atoms with E-state index in [-0.39, 0.29) is 12.4 Å². The monoisotopic (exact) mass is 240 g/mol. The van der Waals surface area contributed by atoms with Gasteiger partial charge in [0.25, 0.3) is 0 Å². The summed E-state index contributed by atoms with van der Waals surface area (Å²) in [4.78, 5) is 11.2. The number of cyclic esters (lactones) is 1. The predicted octanol–water partition coefficient (Wildman–Crippen LogP) is 3.78. The van der Waals surface area contributed by atoms with Gasteiger partial charge in [-0.15, -0.1) is 0 Å². The maximum atomic E-state index is 11.2. The highest BCUT2D eigenvalue weighted by molar-refractivity contribution is 5.71. The first-order valence-electron chi connectivity index (χ1n) is 5.74. The summed E-state index contributed by atoms with van der Waals surface area (Å²) in [5, 5.41) is 0. The van der Waals surface area contributed by atoms with Crippen molar-refractivity contribution in [2.45, 2.75) is 6.42 Å². The maximum Gasteiger partial charge on any atom is 0.314 e. The van der Waals surface area contributed by atoms with Crippen LogP contribution in [0.2, 0.25) is 0 Å². The Morgan fingerprint density at radius 1 is 0.667 bits per heavy atom. The summed E-state index contributed by atoms with van der Waals surface area (Å²) in [6.07, 6.45) is 25.9. The van der Waals surface area contributed by atoms with Gasteiger partial charge in [0.1, 0.15) is 0 Å². The molecule has 1 aliphatic rings. The first kappa shape index (κ1) is 13.7. The van der Waals surface area contributed by atoms with Crippen molar-refractivity contribution in [1.82, 2.24) is 0 Å². The van der Waals surface area contributed by atoms with Crippen molar-refractivity contribution in [2.24, 2.45) is 0 Å². The van der Waals surface area contributed by atoms with E-state index < -0.39 is 0 Å². The first-order chi connectivity index (χ1) is 8.89. The highest BCUT2D eigenvalue weighted by atomic mass is 16.5. The summed E-state index contributed by atoms with van der Waals surface area (Å²) in [5.41, 5.74) is 0. The molecule has 0 atom stereocenters. The topological polar surface area (TPSA) is 26.3 Å².